The average Bonchev–Trinajstić information content (AvgIpc) is 3.11. The van der Waals surface area contributed by atoms with E-state index in [4.69, 9.17) is 5.21 Å². The molecule has 0 aliphatic carbocycles. The fourth-order valence-corrected chi connectivity index (χ4v) is 3.43. The molecule has 1 heterocycles. The van der Waals surface area contributed by atoms with E-state index in [0.29, 0.717) is 0 Å². The van der Waals surface area contributed by atoms with Crippen LogP contribution in [0.5, 0.6) is 0 Å². The number of hydrogen-bond donors (Lipinski definition) is 3. The SMILES string of the molecule is [O-][NH+](O)c1ccc(-c2csc(Nc3cccc4ccccc34)n2)cc1. The molecule has 0 aliphatic heterocycles. The highest BCUT2D eigenvalue weighted by molar-refractivity contribution is 7.14. The first-order chi connectivity index (χ1) is 12.2. The second-order valence-corrected chi connectivity index (χ2v) is 6.43. The molecule has 5 nitrogen and oxygen atoms in total. The van der Waals surface area contributed by atoms with E-state index in [1.54, 1.807) is 24.3 Å². The number of thiazole rings is 1. The number of rotatable bonds is 4. The quantitative estimate of drug-likeness (QED) is 0.485. The van der Waals surface area contributed by atoms with Gasteiger partial charge in [0.05, 0.1) is 5.69 Å². The van der Waals surface area contributed by atoms with Crippen LogP contribution in [0.3, 0.4) is 0 Å². The summed E-state index contributed by atoms with van der Waals surface area (Å²) in [5.74, 6) is 0. The third-order valence-electron chi connectivity index (χ3n) is 3.96. The average molecular weight is 349 g/mol. The summed E-state index contributed by atoms with van der Waals surface area (Å²) in [5.41, 5.74) is 3.00. The van der Waals surface area contributed by atoms with Gasteiger partial charge in [0.15, 0.2) is 10.8 Å². The number of nitrogens with zero attached hydrogens (tertiary/aromatic N) is 1. The van der Waals surface area contributed by atoms with Gasteiger partial charge in [-0.3, -0.25) is 0 Å². The first-order valence-corrected chi connectivity index (χ1v) is 8.63. The van der Waals surface area contributed by atoms with Crippen molar-refractivity contribution in [1.82, 2.24) is 4.98 Å². The lowest BCUT2D eigenvalue weighted by Gasteiger charge is -2.11. The molecular weight excluding hydrogens is 334 g/mol. The van der Waals surface area contributed by atoms with Gasteiger partial charge >= 0.3 is 0 Å². The molecule has 0 aliphatic rings. The lowest BCUT2D eigenvalue weighted by molar-refractivity contribution is -0.991. The highest BCUT2D eigenvalue weighted by atomic mass is 32.1. The number of hydrogen-bond acceptors (Lipinski definition) is 5. The molecule has 4 aromatic rings. The maximum Gasteiger partial charge on any atom is 0.187 e. The van der Waals surface area contributed by atoms with Gasteiger partial charge in [0.1, 0.15) is 0 Å². The Labute approximate surface area is 148 Å². The zero-order valence-electron chi connectivity index (χ0n) is 13.1. The summed E-state index contributed by atoms with van der Waals surface area (Å²) in [4.78, 5) is 4.62. The van der Waals surface area contributed by atoms with Gasteiger partial charge in [0.25, 0.3) is 0 Å². The molecule has 1 unspecified atom stereocenters. The van der Waals surface area contributed by atoms with Gasteiger partial charge in [0.2, 0.25) is 0 Å². The standard InChI is InChI=1S/C19H15N3O2S/c23-22(24)15-10-8-14(9-11-15)18-12-25-19(21-18)20-17-7-3-5-13-4-1-2-6-16(13)17/h1-12,22-23H,(H,20,21). The van der Waals surface area contributed by atoms with Crippen molar-refractivity contribution in [1.29, 1.82) is 0 Å². The number of anilines is 2. The predicted molar refractivity (Wildman–Crippen MR) is 101 cm³/mol. The zero-order valence-corrected chi connectivity index (χ0v) is 14.0. The first-order valence-electron chi connectivity index (χ1n) is 7.75. The summed E-state index contributed by atoms with van der Waals surface area (Å²) in [6.07, 6.45) is 0. The molecule has 0 amide bonds. The van der Waals surface area contributed by atoms with Crippen LogP contribution in [0.15, 0.2) is 72.1 Å². The lowest BCUT2D eigenvalue weighted by Crippen LogP contribution is -2.99. The molecule has 6 heteroatoms. The maximum absolute atomic E-state index is 10.9. The van der Waals surface area contributed by atoms with Crippen molar-refractivity contribution in [2.24, 2.45) is 0 Å². The topological polar surface area (TPSA) is 72.7 Å². The first kappa shape index (κ1) is 15.7. The Hall–Kier alpha value is -2.77. The molecule has 0 bridgehead atoms. The van der Waals surface area contributed by atoms with Gasteiger partial charge < -0.3 is 10.5 Å². The summed E-state index contributed by atoms with van der Waals surface area (Å²) in [5, 5.41) is 27.5. The van der Waals surface area contributed by atoms with Crippen LogP contribution in [0, 0.1) is 5.21 Å². The zero-order chi connectivity index (χ0) is 17.2. The highest BCUT2D eigenvalue weighted by Crippen LogP contribution is 2.30. The van der Waals surface area contributed by atoms with E-state index in [1.807, 2.05) is 29.6 Å². The minimum Gasteiger partial charge on any atom is -0.595 e. The van der Waals surface area contributed by atoms with Crippen molar-refractivity contribution in [3.8, 4) is 11.3 Å². The van der Waals surface area contributed by atoms with Crippen LogP contribution in [-0.4, -0.2) is 10.2 Å². The summed E-state index contributed by atoms with van der Waals surface area (Å²) in [6, 6.07) is 21.1. The largest absolute Gasteiger partial charge is 0.595 e. The molecule has 0 saturated carbocycles. The fraction of sp³-hybridized carbons (Fsp3) is 0. The molecule has 124 valence electrons. The van der Waals surface area contributed by atoms with Crippen LogP contribution in [0.1, 0.15) is 0 Å². The van der Waals surface area contributed by atoms with Crippen molar-refractivity contribution in [2.75, 3.05) is 5.32 Å². The maximum atomic E-state index is 10.9. The minimum atomic E-state index is -0.928. The second kappa shape index (κ2) is 6.62. The number of aromatic nitrogens is 1. The van der Waals surface area contributed by atoms with E-state index in [2.05, 4.69) is 28.5 Å². The third kappa shape index (κ3) is 3.24. The molecule has 25 heavy (non-hydrogen) atoms. The Morgan fingerprint density at radius 3 is 2.52 bits per heavy atom. The van der Waals surface area contributed by atoms with Gasteiger partial charge in [-0.05, 0) is 23.6 Å². The van der Waals surface area contributed by atoms with E-state index in [-0.39, 0.29) is 5.69 Å². The molecular formula is C19H15N3O2S. The Bertz CT molecular complexity index is 1010. The van der Waals surface area contributed by atoms with Crippen LogP contribution in [0.25, 0.3) is 22.0 Å². The number of nitrogens with one attached hydrogen (secondary N) is 2. The lowest BCUT2D eigenvalue weighted by atomic mass is 10.1. The molecule has 0 radical (unpaired) electrons. The van der Waals surface area contributed by atoms with Gasteiger partial charge in [-0.2, -0.15) is 5.23 Å². The predicted octanol–water partition coefficient (Wildman–Crippen LogP) is 4.11. The van der Waals surface area contributed by atoms with E-state index in [1.165, 1.54) is 16.7 Å². The molecule has 3 aromatic carbocycles. The molecule has 0 fully saturated rings. The second-order valence-electron chi connectivity index (χ2n) is 5.57. The normalized spacial score (nSPS) is 12.2. The van der Waals surface area contributed by atoms with E-state index in [0.717, 1.165) is 27.5 Å². The summed E-state index contributed by atoms with van der Waals surface area (Å²) >= 11 is 1.52. The Morgan fingerprint density at radius 2 is 1.72 bits per heavy atom. The van der Waals surface area contributed by atoms with E-state index >= 15 is 0 Å². The van der Waals surface area contributed by atoms with Gasteiger partial charge in [0, 0.05) is 34.1 Å². The van der Waals surface area contributed by atoms with Crippen LogP contribution >= 0.6 is 11.3 Å². The molecule has 3 N–H and O–H groups in total. The smallest absolute Gasteiger partial charge is 0.187 e. The number of fused-ring (bicyclic) bond motifs is 1. The fourth-order valence-electron chi connectivity index (χ4n) is 2.70. The molecule has 1 aromatic heterocycles. The van der Waals surface area contributed by atoms with Crippen LogP contribution in [-0.2, 0) is 0 Å². The van der Waals surface area contributed by atoms with E-state index in [9.17, 15) is 5.21 Å². The Balaban J connectivity index is 1.61. The summed E-state index contributed by atoms with van der Waals surface area (Å²) < 4.78 is 0. The summed E-state index contributed by atoms with van der Waals surface area (Å²) in [6.45, 7) is 0. The minimum absolute atomic E-state index is 0.271. The van der Waals surface area contributed by atoms with Gasteiger partial charge in [-0.1, -0.05) is 36.4 Å². The van der Waals surface area contributed by atoms with Crippen LogP contribution in [0.4, 0.5) is 16.5 Å². The number of quaternary nitrogens is 1. The molecule has 0 spiro atoms. The van der Waals surface area contributed by atoms with Gasteiger partial charge in [-0.15, -0.1) is 11.3 Å². The monoisotopic (exact) mass is 349 g/mol. The van der Waals surface area contributed by atoms with E-state index < -0.39 is 5.23 Å². The Kier molecular flexibility index (Phi) is 4.17. The molecule has 4 rings (SSSR count). The van der Waals surface area contributed by atoms with Crippen LogP contribution < -0.4 is 10.5 Å². The van der Waals surface area contributed by atoms with Crippen molar-refractivity contribution >= 4 is 38.6 Å². The number of benzene rings is 3. The Morgan fingerprint density at radius 1 is 0.960 bits per heavy atom. The molecule has 0 saturated heterocycles. The van der Waals surface area contributed by atoms with Gasteiger partial charge in [-0.25, -0.2) is 10.2 Å². The molecule has 1 atom stereocenters. The van der Waals surface area contributed by atoms with Crippen molar-refractivity contribution in [3.05, 3.63) is 77.3 Å². The third-order valence-corrected chi connectivity index (χ3v) is 4.72. The van der Waals surface area contributed by atoms with Crippen molar-refractivity contribution in [3.63, 3.8) is 0 Å². The van der Waals surface area contributed by atoms with Crippen LogP contribution in [0.2, 0.25) is 0 Å². The summed E-state index contributed by atoms with van der Waals surface area (Å²) in [7, 11) is 0. The van der Waals surface area contributed by atoms with Crippen molar-refractivity contribution in [2.45, 2.75) is 0 Å². The highest BCUT2D eigenvalue weighted by Gasteiger charge is 2.08. The van der Waals surface area contributed by atoms with Crippen molar-refractivity contribution < 1.29 is 10.4 Å².